The van der Waals surface area contributed by atoms with Gasteiger partial charge in [0.05, 0.1) is 0 Å². The number of hydrogen-bond acceptors (Lipinski definition) is 3. The summed E-state index contributed by atoms with van der Waals surface area (Å²) in [6.07, 6.45) is 2.58. The second-order valence-corrected chi connectivity index (χ2v) is 7.68. The number of carbonyl (C=O) groups is 1. The Morgan fingerprint density at radius 1 is 1.19 bits per heavy atom. The van der Waals surface area contributed by atoms with E-state index in [-0.39, 0.29) is 11.9 Å². The molecule has 2 aromatic rings. The number of nitrogens with zero attached hydrogens (tertiary/aromatic N) is 1. The van der Waals surface area contributed by atoms with Gasteiger partial charge in [-0.1, -0.05) is 37.3 Å². The molecule has 1 fully saturated rings. The van der Waals surface area contributed by atoms with E-state index in [0.29, 0.717) is 12.2 Å². The molecule has 1 saturated heterocycles. The minimum Gasteiger partial charge on any atom is -0.489 e. The first kappa shape index (κ1) is 19.4. The van der Waals surface area contributed by atoms with E-state index < -0.39 is 0 Å². The standard InChI is InChI=1S/C23H30N2O2/c1-18-7-6-14-25(15-18)16-19(2)24-23(26)21-12-10-20(11-13-21)17-27-22-8-4-3-5-9-22/h3-5,8-13,18-19H,6-7,14-17H2,1-2H3,(H,24,26). The Kier molecular flexibility index (Phi) is 6.88. The van der Waals surface area contributed by atoms with Crippen molar-refractivity contribution in [3.8, 4) is 5.75 Å². The quantitative estimate of drug-likeness (QED) is 0.802. The van der Waals surface area contributed by atoms with Gasteiger partial charge in [0.2, 0.25) is 0 Å². The van der Waals surface area contributed by atoms with E-state index in [4.69, 9.17) is 4.74 Å². The van der Waals surface area contributed by atoms with Crippen molar-refractivity contribution < 1.29 is 9.53 Å². The lowest BCUT2D eigenvalue weighted by Gasteiger charge is -2.32. The SMILES string of the molecule is CC1CCCN(CC(C)NC(=O)c2ccc(COc3ccccc3)cc2)C1. The average molecular weight is 367 g/mol. The number of likely N-dealkylation sites (tertiary alicyclic amines) is 1. The fourth-order valence-corrected chi connectivity index (χ4v) is 3.63. The molecule has 3 rings (SSSR count). The monoisotopic (exact) mass is 366 g/mol. The minimum absolute atomic E-state index is 0.0110. The molecule has 4 heteroatoms. The van der Waals surface area contributed by atoms with Gasteiger partial charge in [0, 0.05) is 24.7 Å². The van der Waals surface area contributed by atoms with Crippen molar-refractivity contribution in [1.82, 2.24) is 10.2 Å². The summed E-state index contributed by atoms with van der Waals surface area (Å²) in [5.74, 6) is 1.59. The topological polar surface area (TPSA) is 41.6 Å². The molecule has 0 saturated carbocycles. The van der Waals surface area contributed by atoms with Gasteiger partial charge in [-0.25, -0.2) is 0 Å². The molecule has 2 unspecified atom stereocenters. The first-order valence-electron chi connectivity index (χ1n) is 9.90. The molecule has 1 heterocycles. The van der Waals surface area contributed by atoms with Gasteiger partial charge in [-0.05, 0) is 62.1 Å². The Morgan fingerprint density at radius 3 is 2.63 bits per heavy atom. The number of hydrogen-bond donors (Lipinski definition) is 1. The molecular weight excluding hydrogens is 336 g/mol. The molecule has 1 aliphatic heterocycles. The molecule has 0 aliphatic carbocycles. The van der Waals surface area contributed by atoms with Crippen LogP contribution in [0.1, 0.15) is 42.6 Å². The fourth-order valence-electron chi connectivity index (χ4n) is 3.63. The first-order valence-corrected chi connectivity index (χ1v) is 9.90. The van der Waals surface area contributed by atoms with Crippen LogP contribution in [0.5, 0.6) is 5.75 Å². The molecule has 0 aromatic heterocycles. The molecule has 4 nitrogen and oxygen atoms in total. The van der Waals surface area contributed by atoms with Crippen LogP contribution in [0, 0.1) is 5.92 Å². The van der Waals surface area contributed by atoms with Gasteiger partial charge in [0.1, 0.15) is 12.4 Å². The lowest BCUT2D eigenvalue weighted by molar-refractivity contribution is 0.0920. The van der Waals surface area contributed by atoms with Crippen molar-refractivity contribution in [2.45, 2.75) is 39.3 Å². The van der Waals surface area contributed by atoms with Gasteiger partial charge < -0.3 is 15.0 Å². The summed E-state index contributed by atoms with van der Waals surface area (Å²) in [6, 6.07) is 17.5. The van der Waals surface area contributed by atoms with Crippen LogP contribution in [0.25, 0.3) is 0 Å². The van der Waals surface area contributed by atoms with Gasteiger partial charge in [-0.15, -0.1) is 0 Å². The van der Waals surface area contributed by atoms with E-state index in [1.807, 2.05) is 54.6 Å². The molecule has 144 valence electrons. The highest BCUT2D eigenvalue weighted by atomic mass is 16.5. The average Bonchev–Trinajstić information content (AvgIpc) is 2.67. The maximum absolute atomic E-state index is 12.5. The number of nitrogens with one attached hydrogen (secondary N) is 1. The van der Waals surface area contributed by atoms with Crippen LogP contribution in [0.4, 0.5) is 0 Å². The number of para-hydroxylation sites is 1. The van der Waals surface area contributed by atoms with Crippen LogP contribution in [0.2, 0.25) is 0 Å². The maximum Gasteiger partial charge on any atom is 0.251 e. The number of benzene rings is 2. The van der Waals surface area contributed by atoms with Crippen molar-refractivity contribution in [1.29, 1.82) is 0 Å². The maximum atomic E-state index is 12.5. The summed E-state index contributed by atoms with van der Waals surface area (Å²) in [5.41, 5.74) is 1.74. The Hall–Kier alpha value is -2.33. The molecule has 1 amide bonds. The zero-order valence-corrected chi connectivity index (χ0v) is 16.4. The summed E-state index contributed by atoms with van der Waals surface area (Å²) >= 11 is 0. The van der Waals surface area contributed by atoms with Gasteiger partial charge >= 0.3 is 0 Å². The van der Waals surface area contributed by atoms with E-state index in [1.165, 1.54) is 12.8 Å². The molecule has 0 spiro atoms. The van der Waals surface area contributed by atoms with Crippen LogP contribution in [0.3, 0.4) is 0 Å². The first-order chi connectivity index (χ1) is 13.1. The van der Waals surface area contributed by atoms with Gasteiger partial charge in [0.15, 0.2) is 0 Å². The van der Waals surface area contributed by atoms with Crippen molar-refractivity contribution in [2.75, 3.05) is 19.6 Å². The van der Waals surface area contributed by atoms with Crippen molar-refractivity contribution >= 4 is 5.91 Å². The predicted molar refractivity (Wildman–Crippen MR) is 109 cm³/mol. The minimum atomic E-state index is -0.0110. The number of piperidine rings is 1. The van der Waals surface area contributed by atoms with Crippen LogP contribution in [-0.2, 0) is 6.61 Å². The number of carbonyl (C=O) groups excluding carboxylic acids is 1. The van der Waals surface area contributed by atoms with Gasteiger partial charge in [-0.2, -0.15) is 0 Å². The molecule has 1 N–H and O–H groups in total. The van der Waals surface area contributed by atoms with Crippen LogP contribution in [0.15, 0.2) is 54.6 Å². The van der Waals surface area contributed by atoms with Crippen molar-refractivity contribution in [3.05, 3.63) is 65.7 Å². The van der Waals surface area contributed by atoms with E-state index in [1.54, 1.807) is 0 Å². The van der Waals surface area contributed by atoms with E-state index >= 15 is 0 Å². The summed E-state index contributed by atoms with van der Waals surface area (Å²) in [5, 5.41) is 3.12. The van der Waals surface area contributed by atoms with Crippen molar-refractivity contribution in [2.24, 2.45) is 5.92 Å². The Bertz CT molecular complexity index is 715. The largest absolute Gasteiger partial charge is 0.489 e. The zero-order chi connectivity index (χ0) is 19.1. The predicted octanol–water partition coefficient (Wildman–Crippen LogP) is 4.12. The van der Waals surface area contributed by atoms with E-state index in [0.717, 1.165) is 36.9 Å². The Labute approximate surface area is 162 Å². The summed E-state index contributed by atoms with van der Waals surface area (Å²) in [7, 11) is 0. The summed E-state index contributed by atoms with van der Waals surface area (Å²) < 4.78 is 5.74. The Morgan fingerprint density at radius 2 is 1.93 bits per heavy atom. The molecule has 27 heavy (non-hydrogen) atoms. The fraction of sp³-hybridized carbons (Fsp3) is 0.435. The highest BCUT2D eigenvalue weighted by Crippen LogP contribution is 2.16. The lowest BCUT2D eigenvalue weighted by Crippen LogP contribution is -2.45. The third-order valence-electron chi connectivity index (χ3n) is 5.02. The number of ether oxygens (including phenoxy) is 1. The third kappa shape index (κ3) is 6.10. The molecule has 0 bridgehead atoms. The van der Waals surface area contributed by atoms with Gasteiger partial charge in [-0.3, -0.25) is 4.79 Å². The summed E-state index contributed by atoms with van der Waals surface area (Å²) in [4.78, 5) is 15.0. The second-order valence-electron chi connectivity index (χ2n) is 7.68. The summed E-state index contributed by atoms with van der Waals surface area (Å²) in [6.45, 7) is 8.07. The molecule has 1 aliphatic rings. The zero-order valence-electron chi connectivity index (χ0n) is 16.4. The van der Waals surface area contributed by atoms with Gasteiger partial charge in [0.25, 0.3) is 5.91 Å². The smallest absolute Gasteiger partial charge is 0.251 e. The van der Waals surface area contributed by atoms with Crippen LogP contribution in [-0.4, -0.2) is 36.5 Å². The van der Waals surface area contributed by atoms with Crippen LogP contribution >= 0.6 is 0 Å². The highest BCUT2D eigenvalue weighted by molar-refractivity contribution is 5.94. The van der Waals surface area contributed by atoms with E-state index in [2.05, 4.69) is 24.1 Å². The molecule has 2 aromatic carbocycles. The van der Waals surface area contributed by atoms with Crippen LogP contribution < -0.4 is 10.1 Å². The molecule has 2 atom stereocenters. The molecule has 0 radical (unpaired) electrons. The molecular formula is C23H30N2O2. The van der Waals surface area contributed by atoms with E-state index in [9.17, 15) is 4.79 Å². The lowest BCUT2D eigenvalue weighted by atomic mass is 10.00. The van der Waals surface area contributed by atoms with Crippen molar-refractivity contribution in [3.63, 3.8) is 0 Å². The normalized spacial score (nSPS) is 18.7. The Balaban J connectivity index is 1.46. The second kappa shape index (κ2) is 9.56. The third-order valence-corrected chi connectivity index (χ3v) is 5.02. The number of amides is 1. The number of rotatable bonds is 7. The highest BCUT2D eigenvalue weighted by Gasteiger charge is 2.19.